The van der Waals surface area contributed by atoms with Crippen LogP contribution in [0.3, 0.4) is 0 Å². The standard InChI is InChI=1S/C20H23N5O3S/c1-24-19(28)25(17(27)20(24)10-6-3-7-11-20)13-15(26)21-18-23-22-16(29-18)12-14-8-4-2-5-9-14/h2,4-5,8-9H,3,6-7,10-13H2,1H3,(H,21,23,26). The average molecular weight is 414 g/mol. The third-order valence-electron chi connectivity index (χ3n) is 5.70. The second kappa shape index (κ2) is 7.90. The van der Waals surface area contributed by atoms with Gasteiger partial charge in [0.2, 0.25) is 11.0 Å². The predicted molar refractivity (Wildman–Crippen MR) is 108 cm³/mol. The minimum absolute atomic E-state index is 0.262. The van der Waals surface area contributed by atoms with Crippen molar-refractivity contribution in [1.82, 2.24) is 20.0 Å². The van der Waals surface area contributed by atoms with Crippen LogP contribution >= 0.6 is 11.3 Å². The van der Waals surface area contributed by atoms with Crippen molar-refractivity contribution in [1.29, 1.82) is 0 Å². The Hall–Kier alpha value is -2.81. The lowest BCUT2D eigenvalue weighted by atomic mass is 9.81. The molecule has 4 rings (SSSR count). The van der Waals surface area contributed by atoms with Crippen molar-refractivity contribution < 1.29 is 14.4 Å². The number of aromatic nitrogens is 2. The fourth-order valence-electron chi connectivity index (χ4n) is 4.12. The van der Waals surface area contributed by atoms with Gasteiger partial charge in [-0.1, -0.05) is 60.9 Å². The SMILES string of the molecule is CN1C(=O)N(CC(=O)Nc2nnc(Cc3ccccc3)s2)C(=O)C12CCCCC2. The molecule has 4 amide bonds. The van der Waals surface area contributed by atoms with Gasteiger partial charge in [-0.25, -0.2) is 4.79 Å². The van der Waals surface area contributed by atoms with Crippen molar-refractivity contribution in [2.24, 2.45) is 0 Å². The van der Waals surface area contributed by atoms with E-state index in [4.69, 9.17) is 0 Å². The van der Waals surface area contributed by atoms with Gasteiger partial charge in [0.25, 0.3) is 5.91 Å². The van der Waals surface area contributed by atoms with Gasteiger partial charge in [0, 0.05) is 13.5 Å². The van der Waals surface area contributed by atoms with Crippen LogP contribution in [0.4, 0.5) is 9.93 Å². The van der Waals surface area contributed by atoms with Gasteiger partial charge in [-0.05, 0) is 18.4 Å². The molecule has 1 aliphatic heterocycles. The van der Waals surface area contributed by atoms with Crippen LogP contribution in [-0.4, -0.2) is 57.0 Å². The number of carbonyl (C=O) groups is 3. The molecule has 2 heterocycles. The third kappa shape index (κ3) is 3.74. The number of amides is 4. The number of nitrogens with one attached hydrogen (secondary N) is 1. The van der Waals surface area contributed by atoms with Crippen molar-refractivity contribution in [3.8, 4) is 0 Å². The van der Waals surface area contributed by atoms with E-state index in [0.717, 1.165) is 34.7 Å². The van der Waals surface area contributed by atoms with E-state index in [1.54, 1.807) is 7.05 Å². The molecular weight excluding hydrogens is 390 g/mol. The first kappa shape index (κ1) is 19.5. The molecule has 152 valence electrons. The summed E-state index contributed by atoms with van der Waals surface area (Å²) in [7, 11) is 1.66. The summed E-state index contributed by atoms with van der Waals surface area (Å²) in [5.74, 6) is -0.711. The molecule has 0 bridgehead atoms. The molecule has 1 aromatic carbocycles. The lowest BCUT2D eigenvalue weighted by Crippen LogP contribution is -2.49. The number of benzene rings is 1. The summed E-state index contributed by atoms with van der Waals surface area (Å²) in [6.45, 7) is -0.308. The smallest absolute Gasteiger partial charge is 0.313 e. The van der Waals surface area contributed by atoms with Crippen molar-refractivity contribution in [2.45, 2.75) is 44.1 Å². The number of hydrogen-bond donors (Lipinski definition) is 1. The molecule has 1 saturated heterocycles. The zero-order chi connectivity index (χ0) is 20.4. The number of nitrogens with zero attached hydrogens (tertiary/aromatic N) is 4. The summed E-state index contributed by atoms with van der Waals surface area (Å²) < 4.78 is 0. The van der Waals surface area contributed by atoms with E-state index in [2.05, 4.69) is 15.5 Å². The zero-order valence-electron chi connectivity index (χ0n) is 16.3. The van der Waals surface area contributed by atoms with Crippen molar-refractivity contribution in [2.75, 3.05) is 18.9 Å². The molecule has 1 spiro atoms. The van der Waals surface area contributed by atoms with Gasteiger partial charge >= 0.3 is 6.03 Å². The Bertz CT molecular complexity index is 923. The zero-order valence-corrected chi connectivity index (χ0v) is 17.1. The molecule has 8 nitrogen and oxygen atoms in total. The molecule has 1 aromatic heterocycles. The van der Waals surface area contributed by atoms with E-state index in [1.807, 2.05) is 30.3 Å². The molecule has 9 heteroatoms. The van der Waals surface area contributed by atoms with Gasteiger partial charge in [-0.3, -0.25) is 19.8 Å². The Morgan fingerprint density at radius 2 is 1.86 bits per heavy atom. The molecule has 0 atom stereocenters. The summed E-state index contributed by atoms with van der Waals surface area (Å²) in [5.41, 5.74) is 0.330. The first-order chi connectivity index (χ1) is 14.0. The van der Waals surface area contributed by atoms with Crippen LogP contribution in [0.5, 0.6) is 0 Å². The molecule has 0 unspecified atom stereocenters. The maximum absolute atomic E-state index is 13.0. The number of likely N-dealkylation sites (N-methyl/N-ethyl adjacent to an activating group) is 1. The Kier molecular flexibility index (Phi) is 5.31. The average Bonchev–Trinajstić information content (AvgIpc) is 3.23. The Morgan fingerprint density at radius 1 is 1.14 bits per heavy atom. The second-order valence-corrected chi connectivity index (χ2v) is 8.60. The fourth-order valence-corrected chi connectivity index (χ4v) is 4.91. The molecule has 0 radical (unpaired) electrons. The summed E-state index contributed by atoms with van der Waals surface area (Å²) in [6, 6.07) is 9.46. The van der Waals surface area contributed by atoms with Crippen LogP contribution in [0, 0.1) is 0 Å². The van der Waals surface area contributed by atoms with Gasteiger partial charge in [0.15, 0.2) is 0 Å². The van der Waals surface area contributed by atoms with E-state index in [1.165, 1.54) is 16.2 Å². The Morgan fingerprint density at radius 3 is 2.59 bits per heavy atom. The fraction of sp³-hybridized carbons (Fsp3) is 0.450. The monoisotopic (exact) mass is 413 g/mol. The summed E-state index contributed by atoms with van der Waals surface area (Å²) in [5, 5.41) is 11.9. The van der Waals surface area contributed by atoms with Crippen LogP contribution in [0.25, 0.3) is 0 Å². The van der Waals surface area contributed by atoms with Gasteiger partial charge in [0.1, 0.15) is 17.1 Å². The van der Waals surface area contributed by atoms with Crippen LogP contribution in [0.15, 0.2) is 30.3 Å². The maximum atomic E-state index is 13.0. The highest BCUT2D eigenvalue weighted by molar-refractivity contribution is 7.15. The van der Waals surface area contributed by atoms with Crippen LogP contribution in [-0.2, 0) is 16.0 Å². The molecule has 1 N–H and O–H groups in total. The first-order valence-electron chi connectivity index (χ1n) is 9.75. The molecule has 2 aromatic rings. The minimum atomic E-state index is -0.777. The Labute approximate surface area is 172 Å². The summed E-state index contributed by atoms with van der Waals surface area (Å²) >= 11 is 1.28. The van der Waals surface area contributed by atoms with E-state index in [0.29, 0.717) is 24.4 Å². The molecule has 1 saturated carbocycles. The number of imide groups is 1. The first-order valence-corrected chi connectivity index (χ1v) is 10.6. The Balaban J connectivity index is 1.38. The normalized spacial score (nSPS) is 18.5. The van der Waals surface area contributed by atoms with E-state index in [-0.39, 0.29) is 12.5 Å². The van der Waals surface area contributed by atoms with Crippen molar-refractivity contribution in [3.05, 3.63) is 40.9 Å². The largest absolute Gasteiger partial charge is 0.327 e. The van der Waals surface area contributed by atoms with E-state index in [9.17, 15) is 14.4 Å². The number of urea groups is 1. The molecule has 2 fully saturated rings. The minimum Gasteiger partial charge on any atom is -0.313 e. The number of hydrogen-bond acceptors (Lipinski definition) is 6. The van der Waals surface area contributed by atoms with Crippen LogP contribution < -0.4 is 5.32 Å². The lowest BCUT2D eigenvalue weighted by Gasteiger charge is -2.35. The topological polar surface area (TPSA) is 95.5 Å². The van der Waals surface area contributed by atoms with Crippen molar-refractivity contribution >= 4 is 34.3 Å². The second-order valence-electron chi connectivity index (χ2n) is 7.54. The van der Waals surface area contributed by atoms with Crippen LogP contribution in [0.1, 0.15) is 42.7 Å². The highest BCUT2D eigenvalue weighted by Crippen LogP contribution is 2.39. The van der Waals surface area contributed by atoms with Crippen LogP contribution in [0.2, 0.25) is 0 Å². The summed E-state index contributed by atoms with van der Waals surface area (Å²) in [6.07, 6.45) is 4.85. The quantitative estimate of drug-likeness (QED) is 0.761. The molecule has 29 heavy (non-hydrogen) atoms. The summed E-state index contributed by atoms with van der Waals surface area (Å²) in [4.78, 5) is 40.6. The number of carbonyl (C=O) groups excluding carboxylic acids is 3. The lowest BCUT2D eigenvalue weighted by molar-refractivity contribution is -0.136. The van der Waals surface area contributed by atoms with Gasteiger partial charge in [-0.15, -0.1) is 10.2 Å². The maximum Gasteiger partial charge on any atom is 0.327 e. The number of rotatable bonds is 5. The predicted octanol–water partition coefficient (Wildman–Crippen LogP) is 2.66. The molecule has 1 aliphatic carbocycles. The highest BCUT2D eigenvalue weighted by Gasteiger charge is 2.55. The van der Waals surface area contributed by atoms with Gasteiger partial charge < -0.3 is 4.90 Å². The van der Waals surface area contributed by atoms with Gasteiger partial charge in [-0.2, -0.15) is 0 Å². The third-order valence-corrected chi connectivity index (χ3v) is 6.54. The van der Waals surface area contributed by atoms with E-state index >= 15 is 0 Å². The van der Waals surface area contributed by atoms with Crippen molar-refractivity contribution in [3.63, 3.8) is 0 Å². The molecular formula is C20H23N5O3S. The molecule has 2 aliphatic rings. The number of anilines is 1. The van der Waals surface area contributed by atoms with E-state index < -0.39 is 17.5 Å². The highest BCUT2D eigenvalue weighted by atomic mass is 32.1. The van der Waals surface area contributed by atoms with Gasteiger partial charge in [0.05, 0.1) is 0 Å².